The molecule has 0 radical (unpaired) electrons. The lowest BCUT2D eigenvalue weighted by atomic mass is 9.48. The van der Waals surface area contributed by atoms with Gasteiger partial charge in [-0.05, 0) is 61.7 Å². The van der Waals surface area contributed by atoms with Crippen LogP contribution in [0.25, 0.3) is 0 Å². The molecule has 4 aliphatic rings. The summed E-state index contributed by atoms with van der Waals surface area (Å²) in [5, 5.41) is 29.0. The molecule has 4 fully saturated rings. The van der Waals surface area contributed by atoms with Gasteiger partial charge in [0.15, 0.2) is 0 Å². The highest BCUT2D eigenvalue weighted by atomic mass is 16.3. The Balaban J connectivity index is 1.65. The van der Waals surface area contributed by atoms with Crippen LogP contribution in [-0.2, 0) is 0 Å². The van der Waals surface area contributed by atoms with Crippen LogP contribution in [0.2, 0.25) is 0 Å². The Bertz CT molecular complexity index is 292. The molecule has 4 bridgehead atoms. The lowest BCUT2D eigenvalue weighted by Crippen LogP contribution is -2.54. The van der Waals surface area contributed by atoms with Crippen molar-refractivity contribution >= 4 is 0 Å². The van der Waals surface area contributed by atoms with Crippen LogP contribution in [0.3, 0.4) is 0 Å². The van der Waals surface area contributed by atoms with Gasteiger partial charge in [-0.2, -0.15) is 0 Å². The second-order valence-corrected chi connectivity index (χ2v) is 7.54. The Morgan fingerprint density at radius 3 is 1.75 bits per heavy atom. The number of hydrogen-bond donors (Lipinski definition) is 3. The van der Waals surface area contributed by atoms with E-state index in [2.05, 4.69) is 0 Å². The van der Waals surface area contributed by atoms with Crippen molar-refractivity contribution in [3.05, 3.63) is 0 Å². The van der Waals surface area contributed by atoms with Crippen LogP contribution < -0.4 is 0 Å². The number of aliphatic hydroxyl groups excluding tert-OH is 3. The Kier molecular flexibility index (Phi) is 4.37. The molecular formula is C16H29NO3. The third-order valence-corrected chi connectivity index (χ3v) is 6.06. The fraction of sp³-hybridized carbons (Fsp3) is 1.00. The van der Waals surface area contributed by atoms with Gasteiger partial charge in [-0.25, -0.2) is 0 Å². The maximum Gasteiger partial charge on any atom is 0.0723 e. The van der Waals surface area contributed by atoms with Crippen LogP contribution in [0.5, 0.6) is 0 Å². The van der Waals surface area contributed by atoms with E-state index in [-0.39, 0.29) is 24.7 Å². The summed E-state index contributed by atoms with van der Waals surface area (Å²) < 4.78 is 0. The van der Waals surface area contributed by atoms with E-state index in [4.69, 9.17) is 10.2 Å². The lowest BCUT2D eigenvalue weighted by molar-refractivity contribution is -0.127. The van der Waals surface area contributed by atoms with Crippen molar-refractivity contribution in [2.24, 2.45) is 23.2 Å². The minimum atomic E-state index is -0.297. The topological polar surface area (TPSA) is 63.9 Å². The summed E-state index contributed by atoms with van der Waals surface area (Å²) in [6.07, 6.45) is 7.48. The molecule has 4 saturated carbocycles. The first-order valence-electron chi connectivity index (χ1n) is 8.27. The van der Waals surface area contributed by atoms with E-state index in [1.165, 1.54) is 38.5 Å². The molecule has 1 atom stereocenters. The zero-order valence-electron chi connectivity index (χ0n) is 12.4. The number of rotatable bonds is 7. The quantitative estimate of drug-likeness (QED) is 0.648. The van der Waals surface area contributed by atoms with Crippen molar-refractivity contribution in [1.29, 1.82) is 0 Å². The summed E-state index contributed by atoms with van der Waals surface area (Å²) in [5.41, 5.74) is 0.137. The number of nitrogens with zero attached hydrogens (tertiary/aromatic N) is 1. The van der Waals surface area contributed by atoms with Gasteiger partial charge < -0.3 is 15.3 Å². The van der Waals surface area contributed by atoms with Crippen molar-refractivity contribution in [2.45, 2.75) is 44.6 Å². The summed E-state index contributed by atoms with van der Waals surface area (Å²) >= 11 is 0. The lowest BCUT2D eigenvalue weighted by Gasteiger charge is -2.58. The van der Waals surface area contributed by atoms with Gasteiger partial charge in [0.2, 0.25) is 0 Å². The van der Waals surface area contributed by atoms with Gasteiger partial charge in [0, 0.05) is 19.6 Å². The van der Waals surface area contributed by atoms with Crippen molar-refractivity contribution in [3.8, 4) is 0 Å². The Hall–Kier alpha value is -0.160. The molecule has 0 aromatic rings. The molecule has 4 aliphatic carbocycles. The van der Waals surface area contributed by atoms with Crippen molar-refractivity contribution in [3.63, 3.8) is 0 Å². The van der Waals surface area contributed by atoms with Gasteiger partial charge in [0.05, 0.1) is 19.3 Å². The first kappa shape index (κ1) is 14.8. The molecule has 0 aliphatic heterocycles. The van der Waals surface area contributed by atoms with E-state index in [0.717, 1.165) is 17.8 Å². The fourth-order valence-electron chi connectivity index (χ4n) is 5.60. The molecular weight excluding hydrogens is 254 g/mol. The molecule has 0 unspecified atom stereocenters. The molecule has 0 aromatic heterocycles. The van der Waals surface area contributed by atoms with Crippen LogP contribution in [-0.4, -0.2) is 59.2 Å². The average Bonchev–Trinajstić information content (AvgIpc) is 2.37. The van der Waals surface area contributed by atoms with Crippen LogP contribution in [0.1, 0.15) is 38.5 Å². The minimum absolute atomic E-state index is 0.0909. The summed E-state index contributed by atoms with van der Waals surface area (Å²) in [6, 6.07) is 0. The van der Waals surface area contributed by atoms with Gasteiger partial charge in [0.25, 0.3) is 0 Å². The maximum absolute atomic E-state index is 10.8. The van der Waals surface area contributed by atoms with E-state index in [1.807, 2.05) is 4.90 Å². The average molecular weight is 283 g/mol. The summed E-state index contributed by atoms with van der Waals surface area (Å²) in [7, 11) is 0. The van der Waals surface area contributed by atoms with Crippen molar-refractivity contribution < 1.29 is 15.3 Å². The molecule has 3 N–H and O–H groups in total. The highest BCUT2D eigenvalue weighted by Crippen LogP contribution is 2.61. The van der Waals surface area contributed by atoms with Gasteiger partial charge in [-0.1, -0.05) is 0 Å². The number of hydrogen-bond acceptors (Lipinski definition) is 4. The normalized spacial score (nSPS) is 40.5. The number of aliphatic hydroxyl groups is 3. The van der Waals surface area contributed by atoms with Gasteiger partial charge in [-0.3, -0.25) is 4.90 Å². The van der Waals surface area contributed by atoms with E-state index >= 15 is 0 Å². The van der Waals surface area contributed by atoms with E-state index in [0.29, 0.717) is 19.6 Å². The van der Waals surface area contributed by atoms with Crippen molar-refractivity contribution in [1.82, 2.24) is 4.90 Å². The highest BCUT2D eigenvalue weighted by molar-refractivity contribution is 5.04. The molecule has 0 amide bonds. The predicted octanol–water partition coefficient (Wildman–Crippen LogP) is 0.850. The Morgan fingerprint density at radius 2 is 1.35 bits per heavy atom. The molecule has 20 heavy (non-hydrogen) atoms. The first-order chi connectivity index (χ1) is 9.65. The van der Waals surface area contributed by atoms with Crippen LogP contribution >= 0.6 is 0 Å². The van der Waals surface area contributed by atoms with Gasteiger partial charge in [-0.15, -0.1) is 0 Å². The fourth-order valence-corrected chi connectivity index (χ4v) is 5.60. The molecule has 0 saturated heterocycles. The van der Waals surface area contributed by atoms with Gasteiger partial charge >= 0.3 is 0 Å². The molecule has 4 rings (SSSR count). The summed E-state index contributed by atoms with van der Waals surface area (Å²) in [5.74, 6) is 2.54. The largest absolute Gasteiger partial charge is 0.395 e. The van der Waals surface area contributed by atoms with Crippen LogP contribution in [0, 0.1) is 23.2 Å². The SMILES string of the molecule is OCCN(CCO)C[C@H](O)C12CC3CC(CC(C3)C1)C2. The monoisotopic (exact) mass is 283 g/mol. The zero-order valence-corrected chi connectivity index (χ0v) is 12.4. The van der Waals surface area contributed by atoms with Crippen molar-refractivity contribution in [2.75, 3.05) is 32.8 Å². The highest BCUT2D eigenvalue weighted by Gasteiger charge is 2.53. The maximum atomic E-state index is 10.8. The van der Waals surface area contributed by atoms with E-state index in [1.54, 1.807) is 0 Å². The zero-order chi connectivity index (χ0) is 14.2. The molecule has 0 spiro atoms. The van der Waals surface area contributed by atoms with Gasteiger partial charge in [0.1, 0.15) is 0 Å². The molecule has 0 aromatic carbocycles. The molecule has 4 nitrogen and oxygen atoms in total. The summed E-state index contributed by atoms with van der Waals surface area (Å²) in [6.45, 7) is 1.88. The molecule has 0 heterocycles. The Morgan fingerprint density at radius 1 is 0.900 bits per heavy atom. The standard InChI is InChI=1S/C16H29NO3/c18-3-1-17(2-4-19)11-15(20)16-8-12-5-13(9-16)7-14(6-12)10-16/h12-15,18-20H,1-11H2/t12?,13?,14?,15-,16?/m0/s1. The second kappa shape index (κ2) is 5.91. The van der Waals surface area contributed by atoms with E-state index < -0.39 is 0 Å². The first-order valence-corrected chi connectivity index (χ1v) is 8.27. The molecule has 4 heteroatoms. The smallest absolute Gasteiger partial charge is 0.0723 e. The summed E-state index contributed by atoms with van der Waals surface area (Å²) in [4.78, 5) is 2.00. The molecule has 116 valence electrons. The third kappa shape index (κ3) is 2.76. The minimum Gasteiger partial charge on any atom is -0.395 e. The second-order valence-electron chi connectivity index (χ2n) is 7.54. The van der Waals surface area contributed by atoms with Crippen LogP contribution in [0.15, 0.2) is 0 Å². The third-order valence-electron chi connectivity index (χ3n) is 6.06. The van der Waals surface area contributed by atoms with E-state index in [9.17, 15) is 5.11 Å². The predicted molar refractivity (Wildman–Crippen MR) is 77.2 cm³/mol. The Labute approximate surface area is 121 Å². The van der Waals surface area contributed by atoms with Crippen LogP contribution in [0.4, 0.5) is 0 Å².